The summed E-state index contributed by atoms with van der Waals surface area (Å²) in [6.07, 6.45) is 2.70. The largest absolute Gasteiger partial charge is 0.512 e. The Labute approximate surface area is 131 Å². The maximum Gasteiger partial charge on any atom is 0.163 e. The molecule has 22 heavy (non-hydrogen) atoms. The van der Waals surface area contributed by atoms with E-state index >= 15 is 0 Å². The lowest BCUT2D eigenvalue weighted by Crippen LogP contribution is -2.04. The van der Waals surface area contributed by atoms with Crippen LogP contribution in [-0.2, 0) is 11.2 Å². The van der Waals surface area contributed by atoms with Crippen molar-refractivity contribution in [3.05, 3.63) is 89.2 Å². The number of aliphatic hydroxyl groups is 1. The molecule has 0 bridgehead atoms. The second-order valence-electron chi connectivity index (χ2n) is 5.19. The molecule has 0 fully saturated rings. The standard InChI is InChI=1S/C20H20O2/c1-15(21)20(16(2)22)19(18-11-7-4-8-12-18)14-13-17-9-5-3-6-10-17/h3-12,14,21H,13H2,1-2H3/b19-14-,20-15+. The average Bonchev–Trinajstić information content (AvgIpc) is 2.52. The predicted molar refractivity (Wildman–Crippen MR) is 90.6 cm³/mol. The van der Waals surface area contributed by atoms with Crippen LogP contribution < -0.4 is 0 Å². The van der Waals surface area contributed by atoms with E-state index in [0.29, 0.717) is 12.0 Å². The molecule has 0 aliphatic rings. The highest BCUT2D eigenvalue weighted by Crippen LogP contribution is 2.26. The Morgan fingerprint density at radius 1 is 0.955 bits per heavy atom. The van der Waals surface area contributed by atoms with Crippen molar-refractivity contribution in [3.63, 3.8) is 0 Å². The summed E-state index contributed by atoms with van der Waals surface area (Å²) >= 11 is 0. The first-order chi connectivity index (χ1) is 10.6. The normalized spacial score (nSPS) is 12.7. The lowest BCUT2D eigenvalue weighted by molar-refractivity contribution is -0.113. The monoisotopic (exact) mass is 292 g/mol. The van der Waals surface area contributed by atoms with Gasteiger partial charge in [0.1, 0.15) is 5.76 Å². The van der Waals surface area contributed by atoms with Gasteiger partial charge in [0, 0.05) is 0 Å². The zero-order chi connectivity index (χ0) is 15.9. The van der Waals surface area contributed by atoms with Gasteiger partial charge in [0.15, 0.2) is 5.78 Å². The van der Waals surface area contributed by atoms with Crippen molar-refractivity contribution >= 4 is 11.4 Å². The number of allylic oxidation sites excluding steroid dienone is 4. The molecule has 0 spiro atoms. The quantitative estimate of drug-likeness (QED) is 0.491. The lowest BCUT2D eigenvalue weighted by atomic mass is 9.92. The fourth-order valence-corrected chi connectivity index (χ4v) is 2.46. The maximum atomic E-state index is 12.0. The third-order valence-electron chi connectivity index (χ3n) is 3.45. The van der Waals surface area contributed by atoms with Crippen LogP contribution >= 0.6 is 0 Å². The van der Waals surface area contributed by atoms with E-state index in [1.165, 1.54) is 6.92 Å². The number of hydrogen-bond donors (Lipinski definition) is 1. The Bertz CT molecular complexity index is 691. The van der Waals surface area contributed by atoms with Crippen LogP contribution in [-0.4, -0.2) is 10.9 Å². The number of benzene rings is 2. The number of aliphatic hydroxyl groups excluding tert-OH is 1. The van der Waals surface area contributed by atoms with Gasteiger partial charge in [-0.05, 0) is 37.0 Å². The Morgan fingerprint density at radius 2 is 1.50 bits per heavy atom. The Balaban J connectivity index is 2.47. The predicted octanol–water partition coefficient (Wildman–Crippen LogP) is 4.73. The molecular weight excluding hydrogens is 272 g/mol. The van der Waals surface area contributed by atoms with Crippen LogP contribution in [0.4, 0.5) is 0 Å². The summed E-state index contributed by atoms with van der Waals surface area (Å²) in [6.45, 7) is 3.03. The second-order valence-corrected chi connectivity index (χ2v) is 5.19. The van der Waals surface area contributed by atoms with E-state index in [4.69, 9.17) is 0 Å². The summed E-state index contributed by atoms with van der Waals surface area (Å²) in [7, 11) is 0. The molecule has 0 saturated heterocycles. The fraction of sp³-hybridized carbons (Fsp3) is 0.150. The fourth-order valence-electron chi connectivity index (χ4n) is 2.46. The van der Waals surface area contributed by atoms with Gasteiger partial charge in [-0.2, -0.15) is 0 Å². The first kappa shape index (κ1) is 15.8. The molecule has 2 rings (SSSR count). The molecule has 0 atom stereocenters. The molecule has 0 amide bonds. The number of hydrogen-bond acceptors (Lipinski definition) is 2. The minimum absolute atomic E-state index is 0.0515. The van der Waals surface area contributed by atoms with Crippen molar-refractivity contribution in [2.24, 2.45) is 0 Å². The maximum absolute atomic E-state index is 12.0. The average molecular weight is 292 g/mol. The van der Waals surface area contributed by atoms with Crippen molar-refractivity contribution < 1.29 is 9.90 Å². The third kappa shape index (κ3) is 3.95. The van der Waals surface area contributed by atoms with E-state index in [-0.39, 0.29) is 11.5 Å². The summed E-state index contributed by atoms with van der Waals surface area (Å²) in [5.41, 5.74) is 3.24. The molecule has 2 heteroatoms. The van der Waals surface area contributed by atoms with E-state index in [0.717, 1.165) is 16.7 Å². The topological polar surface area (TPSA) is 37.3 Å². The Morgan fingerprint density at radius 3 is 2.00 bits per heavy atom. The SMILES string of the molecule is CC(=O)C(/C(=C\Cc1ccccc1)c1ccccc1)=C(/C)O. The second kappa shape index (κ2) is 7.41. The van der Waals surface area contributed by atoms with Gasteiger partial charge < -0.3 is 5.11 Å². The molecule has 1 N–H and O–H groups in total. The Hall–Kier alpha value is -2.61. The Kier molecular flexibility index (Phi) is 5.31. The van der Waals surface area contributed by atoms with Crippen molar-refractivity contribution in [1.29, 1.82) is 0 Å². The van der Waals surface area contributed by atoms with Gasteiger partial charge in [-0.25, -0.2) is 0 Å². The smallest absolute Gasteiger partial charge is 0.163 e. The van der Waals surface area contributed by atoms with Gasteiger partial charge in [-0.3, -0.25) is 4.79 Å². The third-order valence-corrected chi connectivity index (χ3v) is 3.45. The molecule has 0 aliphatic heterocycles. The van der Waals surface area contributed by atoms with E-state index in [1.54, 1.807) is 6.92 Å². The van der Waals surface area contributed by atoms with Crippen LogP contribution in [0.2, 0.25) is 0 Å². The summed E-state index contributed by atoms with van der Waals surface area (Å²) in [4.78, 5) is 12.0. The molecular formula is C20H20O2. The van der Waals surface area contributed by atoms with E-state index in [2.05, 4.69) is 0 Å². The van der Waals surface area contributed by atoms with Gasteiger partial charge >= 0.3 is 0 Å². The number of carbonyl (C=O) groups is 1. The van der Waals surface area contributed by atoms with Gasteiger partial charge in [0.05, 0.1) is 5.57 Å². The highest BCUT2D eigenvalue weighted by molar-refractivity contribution is 6.09. The van der Waals surface area contributed by atoms with Crippen LogP contribution in [0.5, 0.6) is 0 Å². The molecule has 0 radical (unpaired) electrons. The molecule has 0 aliphatic carbocycles. The summed E-state index contributed by atoms with van der Waals surface area (Å²) in [5, 5.41) is 9.93. The van der Waals surface area contributed by atoms with Crippen LogP contribution in [0.1, 0.15) is 25.0 Å². The van der Waals surface area contributed by atoms with Gasteiger partial charge in [-0.15, -0.1) is 0 Å². The van der Waals surface area contributed by atoms with Crippen LogP contribution in [0.25, 0.3) is 5.57 Å². The highest BCUT2D eigenvalue weighted by atomic mass is 16.3. The first-order valence-electron chi connectivity index (χ1n) is 7.30. The first-order valence-corrected chi connectivity index (χ1v) is 7.30. The van der Waals surface area contributed by atoms with Crippen LogP contribution in [0, 0.1) is 0 Å². The molecule has 2 nitrogen and oxygen atoms in total. The van der Waals surface area contributed by atoms with Gasteiger partial charge in [-0.1, -0.05) is 66.7 Å². The molecule has 112 valence electrons. The van der Waals surface area contributed by atoms with Crippen molar-refractivity contribution in [2.75, 3.05) is 0 Å². The zero-order valence-electron chi connectivity index (χ0n) is 12.9. The minimum Gasteiger partial charge on any atom is -0.512 e. The van der Waals surface area contributed by atoms with Crippen LogP contribution in [0.3, 0.4) is 0 Å². The van der Waals surface area contributed by atoms with Crippen molar-refractivity contribution in [2.45, 2.75) is 20.3 Å². The van der Waals surface area contributed by atoms with E-state index in [1.807, 2.05) is 66.7 Å². The molecule has 0 aromatic heterocycles. The zero-order valence-corrected chi connectivity index (χ0v) is 12.9. The van der Waals surface area contributed by atoms with Gasteiger partial charge in [0.25, 0.3) is 0 Å². The highest BCUT2D eigenvalue weighted by Gasteiger charge is 2.15. The summed E-state index contributed by atoms with van der Waals surface area (Å²) in [5.74, 6) is -0.0844. The summed E-state index contributed by atoms with van der Waals surface area (Å²) in [6, 6.07) is 19.7. The van der Waals surface area contributed by atoms with E-state index in [9.17, 15) is 9.90 Å². The van der Waals surface area contributed by atoms with Crippen molar-refractivity contribution in [1.82, 2.24) is 0 Å². The molecule has 2 aromatic carbocycles. The molecule has 0 heterocycles. The molecule has 2 aromatic rings. The van der Waals surface area contributed by atoms with Crippen molar-refractivity contribution in [3.8, 4) is 0 Å². The van der Waals surface area contributed by atoms with Crippen LogP contribution in [0.15, 0.2) is 78.1 Å². The number of Topliss-reactive ketones (excluding diaryl/α,β-unsaturated/α-hetero) is 1. The minimum atomic E-state index is -0.136. The summed E-state index contributed by atoms with van der Waals surface area (Å²) < 4.78 is 0. The molecule has 0 saturated carbocycles. The number of rotatable bonds is 5. The van der Waals surface area contributed by atoms with Gasteiger partial charge in [0.2, 0.25) is 0 Å². The molecule has 0 unspecified atom stereocenters. The van der Waals surface area contributed by atoms with E-state index < -0.39 is 0 Å². The number of ketones is 1. The number of carbonyl (C=O) groups excluding carboxylic acids is 1. The lowest BCUT2D eigenvalue weighted by Gasteiger charge is -2.12.